The minimum atomic E-state index is -0.306. The largest absolute Gasteiger partial charge is 0.485 e. The number of epoxide rings is 2. The standard InChI is InChI=1S/2C18H19NO4/c2*1-9-5-11(8-21-10(2)20)19-14-6-13-15(7-12(9)14)23-18(3,4)17-16(13)22-17/h2*5-7,16-17H,8H2,1-4H3/t16-,17-;/m1./s1. The van der Waals surface area contributed by atoms with E-state index in [9.17, 15) is 9.59 Å². The fourth-order valence-corrected chi connectivity index (χ4v) is 6.57. The van der Waals surface area contributed by atoms with Gasteiger partial charge in [-0.15, -0.1) is 0 Å². The van der Waals surface area contributed by atoms with Crippen molar-refractivity contribution in [1.82, 2.24) is 9.97 Å². The average molecular weight is 627 g/mol. The molecule has 2 fully saturated rings. The van der Waals surface area contributed by atoms with Crippen molar-refractivity contribution in [3.05, 3.63) is 70.0 Å². The van der Waals surface area contributed by atoms with Crippen LogP contribution in [-0.2, 0) is 41.8 Å². The molecule has 2 unspecified atom stereocenters. The van der Waals surface area contributed by atoms with Gasteiger partial charge in [0.2, 0.25) is 0 Å². The second-order valence-electron chi connectivity index (χ2n) is 13.6. The van der Waals surface area contributed by atoms with Crippen molar-refractivity contribution in [1.29, 1.82) is 0 Å². The first kappa shape index (κ1) is 30.4. The SMILES string of the molecule is CC(=O)OCc1cc(C)c2cc3c(cc2n1)C1OC1C(C)(C)O3.CC(=O)OCc1cc(C)c2cc3c(cc2n1)[C@H]1O[C@H]1C(C)(C)O3. The maximum Gasteiger partial charge on any atom is 0.303 e. The van der Waals surface area contributed by atoms with Crippen molar-refractivity contribution in [3.63, 3.8) is 0 Å². The molecule has 0 amide bonds. The van der Waals surface area contributed by atoms with E-state index in [1.54, 1.807) is 0 Å². The molecular weight excluding hydrogens is 588 g/mol. The molecule has 240 valence electrons. The molecule has 0 bridgehead atoms. The van der Waals surface area contributed by atoms with Crippen LogP contribution >= 0.6 is 0 Å². The van der Waals surface area contributed by atoms with Gasteiger partial charge in [0.05, 0.1) is 22.4 Å². The first-order valence-corrected chi connectivity index (χ1v) is 15.5. The summed E-state index contributed by atoms with van der Waals surface area (Å²) in [7, 11) is 0. The number of ether oxygens (including phenoxy) is 6. The number of nitrogens with zero attached hydrogens (tertiary/aromatic N) is 2. The molecule has 0 aliphatic carbocycles. The Labute approximate surface area is 267 Å². The number of hydrogen-bond acceptors (Lipinski definition) is 10. The van der Waals surface area contributed by atoms with Gasteiger partial charge in [0, 0.05) is 35.7 Å². The lowest BCUT2D eigenvalue weighted by Gasteiger charge is -2.29. The Hall–Kier alpha value is -4.28. The Morgan fingerprint density at radius 1 is 0.674 bits per heavy atom. The molecule has 2 aromatic heterocycles. The van der Waals surface area contributed by atoms with Gasteiger partial charge in [0.25, 0.3) is 0 Å². The summed E-state index contributed by atoms with van der Waals surface area (Å²) >= 11 is 0. The third kappa shape index (κ3) is 5.54. The smallest absolute Gasteiger partial charge is 0.303 e. The summed E-state index contributed by atoms with van der Waals surface area (Å²) in [6, 6.07) is 12.1. The van der Waals surface area contributed by atoms with E-state index in [4.69, 9.17) is 28.4 Å². The summed E-state index contributed by atoms with van der Waals surface area (Å²) in [5, 5.41) is 2.09. The first-order valence-electron chi connectivity index (χ1n) is 15.5. The van der Waals surface area contributed by atoms with Gasteiger partial charge < -0.3 is 28.4 Å². The lowest BCUT2D eigenvalue weighted by atomic mass is 9.93. The zero-order valence-electron chi connectivity index (χ0n) is 27.3. The zero-order valence-corrected chi connectivity index (χ0v) is 27.3. The van der Waals surface area contributed by atoms with Gasteiger partial charge in [-0.25, -0.2) is 9.97 Å². The molecule has 8 rings (SSSR count). The number of carbonyl (C=O) groups is 2. The molecule has 4 aliphatic rings. The van der Waals surface area contributed by atoms with Crippen LogP contribution in [0.2, 0.25) is 0 Å². The molecule has 0 N–H and O–H groups in total. The van der Waals surface area contributed by atoms with E-state index in [2.05, 4.69) is 37.7 Å². The van der Waals surface area contributed by atoms with Crippen molar-refractivity contribution in [3.8, 4) is 11.5 Å². The van der Waals surface area contributed by atoms with Gasteiger partial charge >= 0.3 is 11.9 Å². The van der Waals surface area contributed by atoms with Crippen molar-refractivity contribution >= 4 is 33.7 Å². The highest BCUT2D eigenvalue weighted by molar-refractivity contribution is 5.86. The number of aromatic nitrogens is 2. The summed E-state index contributed by atoms with van der Waals surface area (Å²) in [6.07, 6.45) is 0.408. The van der Waals surface area contributed by atoms with Crippen molar-refractivity contribution < 1.29 is 38.0 Å². The van der Waals surface area contributed by atoms with Crippen LogP contribution in [0.1, 0.15) is 87.4 Å². The lowest BCUT2D eigenvalue weighted by molar-refractivity contribution is -0.143. The highest BCUT2D eigenvalue weighted by atomic mass is 16.6. The van der Waals surface area contributed by atoms with E-state index in [0.717, 1.165) is 66.9 Å². The highest BCUT2D eigenvalue weighted by Gasteiger charge is 2.57. The fraction of sp³-hybridized carbons (Fsp3) is 0.444. The first-order chi connectivity index (χ1) is 21.7. The molecule has 46 heavy (non-hydrogen) atoms. The number of esters is 2. The fourth-order valence-electron chi connectivity index (χ4n) is 6.57. The number of benzene rings is 2. The maximum absolute atomic E-state index is 11.0. The summed E-state index contributed by atoms with van der Waals surface area (Å²) < 4.78 is 33.9. The normalized spacial score (nSPS) is 23.7. The van der Waals surface area contributed by atoms with Gasteiger partial charge in [-0.3, -0.25) is 9.59 Å². The monoisotopic (exact) mass is 626 g/mol. The second kappa shape index (κ2) is 10.6. The van der Waals surface area contributed by atoms with Crippen LogP contribution in [0, 0.1) is 13.8 Å². The van der Waals surface area contributed by atoms with Crippen LogP contribution in [0.4, 0.5) is 0 Å². The molecule has 6 heterocycles. The number of aryl methyl sites for hydroxylation is 2. The molecule has 2 aromatic carbocycles. The van der Waals surface area contributed by atoms with Crippen LogP contribution in [0.15, 0.2) is 36.4 Å². The molecule has 4 atom stereocenters. The van der Waals surface area contributed by atoms with E-state index < -0.39 is 0 Å². The van der Waals surface area contributed by atoms with E-state index in [1.165, 1.54) is 13.8 Å². The number of hydrogen-bond donors (Lipinski definition) is 0. The van der Waals surface area contributed by atoms with Gasteiger partial charge in [-0.2, -0.15) is 0 Å². The number of pyridine rings is 2. The summed E-state index contributed by atoms with van der Waals surface area (Å²) in [5.41, 5.74) is 6.92. The molecule has 4 aliphatic heterocycles. The molecule has 10 nitrogen and oxygen atoms in total. The molecular formula is C36H38N2O8. The Bertz CT molecular complexity index is 1790. The minimum absolute atomic E-state index is 0.0948. The minimum Gasteiger partial charge on any atom is -0.485 e. The van der Waals surface area contributed by atoms with E-state index in [0.29, 0.717) is 0 Å². The second-order valence-corrected chi connectivity index (χ2v) is 13.6. The molecule has 0 spiro atoms. The topological polar surface area (TPSA) is 122 Å². The summed E-state index contributed by atoms with van der Waals surface area (Å²) in [6.45, 7) is 15.4. The van der Waals surface area contributed by atoms with Crippen LogP contribution in [0.25, 0.3) is 21.8 Å². The van der Waals surface area contributed by atoms with Crippen LogP contribution in [-0.4, -0.2) is 45.3 Å². The average Bonchev–Trinajstić information content (AvgIpc) is 3.88. The van der Waals surface area contributed by atoms with Gasteiger partial charge in [0.1, 0.15) is 60.3 Å². The molecule has 0 radical (unpaired) electrons. The quantitative estimate of drug-likeness (QED) is 0.185. The Morgan fingerprint density at radius 3 is 1.43 bits per heavy atom. The van der Waals surface area contributed by atoms with Gasteiger partial charge in [-0.1, -0.05) is 0 Å². The van der Waals surface area contributed by atoms with Crippen LogP contribution < -0.4 is 9.47 Å². The van der Waals surface area contributed by atoms with E-state index in [1.807, 2.05) is 50.2 Å². The van der Waals surface area contributed by atoms with Crippen molar-refractivity contribution in [2.75, 3.05) is 0 Å². The lowest BCUT2D eigenvalue weighted by Crippen LogP contribution is -2.37. The van der Waals surface area contributed by atoms with Gasteiger partial charge in [0.15, 0.2) is 0 Å². The van der Waals surface area contributed by atoms with E-state index in [-0.39, 0.29) is 60.8 Å². The Morgan fingerprint density at radius 2 is 1.07 bits per heavy atom. The third-order valence-electron chi connectivity index (χ3n) is 8.96. The molecule has 10 heteroatoms. The van der Waals surface area contributed by atoms with Crippen molar-refractivity contribution in [2.24, 2.45) is 0 Å². The number of fused-ring (bicyclic) bond motifs is 8. The van der Waals surface area contributed by atoms with Crippen LogP contribution in [0.5, 0.6) is 11.5 Å². The zero-order chi connectivity index (χ0) is 32.7. The summed E-state index contributed by atoms with van der Waals surface area (Å²) in [4.78, 5) is 31.2. The highest BCUT2D eigenvalue weighted by Crippen LogP contribution is 2.55. The predicted octanol–water partition coefficient (Wildman–Crippen LogP) is 6.43. The molecule has 2 saturated heterocycles. The predicted molar refractivity (Wildman–Crippen MR) is 169 cm³/mol. The Balaban J connectivity index is 0.000000147. The maximum atomic E-state index is 11.0. The number of rotatable bonds is 4. The van der Waals surface area contributed by atoms with Crippen molar-refractivity contribution in [2.45, 2.75) is 104 Å². The number of carbonyl (C=O) groups excluding carboxylic acids is 2. The molecule has 4 aromatic rings. The Kier molecular flexibility index (Phi) is 7.02. The van der Waals surface area contributed by atoms with E-state index >= 15 is 0 Å². The third-order valence-corrected chi connectivity index (χ3v) is 8.96. The molecule has 0 saturated carbocycles. The van der Waals surface area contributed by atoms with Crippen LogP contribution in [0.3, 0.4) is 0 Å². The van der Waals surface area contributed by atoms with Gasteiger partial charge in [-0.05, 0) is 89.1 Å². The summed E-state index contributed by atoms with van der Waals surface area (Å²) in [5.74, 6) is 1.14.